The third kappa shape index (κ3) is 2.27. The minimum absolute atomic E-state index is 0.210. The van der Waals surface area contributed by atoms with E-state index in [1.165, 1.54) is 0 Å². The van der Waals surface area contributed by atoms with E-state index in [4.69, 9.17) is 15.2 Å². The molecule has 17 heavy (non-hydrogen) atoms. The van der Waals surface area contributed by atoms with Crippen molar-refractivity contribution in [3.8, 4) is 0 Å². The molecule has 0 saturated carbocycles. The number of rotatable bonds is 3. The van der Waals surface area contributed by atoms with E-state index in [-0.39, 0.29) is 11.6 Å². The second-order valence-electron chi connectivity index (χ2n) is 4.36. The van der Waals surface area contributed by atoms with Crippen molar-refractivity contribution in [3.63, 3.8) is 0 Å². The highest BCUT2D eigenvalue weighted by molar-refractivity contribution is 9.10. The molecule has 2 N–H and O–H groups in total. The molecule has 0 aliphatic carbocycles. The Morgan fingerprint density at radius 1 is 1.59 bits per heavy atom. The summed E-state index contributed by atoms with van der Waals surface area (Å²) < 4.78 is 13.8. The van der Waals surface area contributed by atoms with E-state index in [2.05, 4.69) is 21.0 Å². The normalized spacial score (nSPS) is 21.4. The molecule has 0 amide bonds. The van der Waals surface area contributed by atoms with Crippen LogP contribution >= 0.6 is 15.9 Å². The van der Waals surface area contributed by atoms with E-state index in [0.29, 0.717) is 13.2 Å². The van der Waals surface area contributed by atoms with Gasteiger partial charge in [0, 0.05) is 40.2 Å². The molecule has 1 atom stereocenters. The first-order valence-corrected chi connectivity index (χ1v) is 6.46. The van der Waals surface area contributed by atoms with Crippen molar-refractivity contribution in [3.05, 3.63) is 16.4 Å². The van der Waals surface area contributed by atoms with Crippen molar-refractivity contribution in [1.82, 2.24) is 9.78 Å². The molecule has 1 aromatic heterocycles. The van der Waals surface area contributed by atoms with Crippen LogP contribution in [0.25, 0.3) is 0 Å². The summed E-state index contributed by atoms with van der Waals surface area (Å²) in [6.45, 7) is 1.38. The van der Waals surface area contributed by atoms with Gasteiger partial charge in [-0.05, 0) is 15.9 Å². The lowest BCUT2D eigenvalue weighted by atomic mass is 9.84. The van der Waals surface area contributed by atoms with Crippen LogP contribution in [0.5, 0.6) is 0 Å². The van der Waals surface area contributed by atoms with E-state index < -0.39 is 0 Å². The molecule has 1 unspecified atom stereocenters. The van der Waals surface area contributed by atoms with Gasteiger partial charge in [-0.25, -0.2) is 0 Å². The fourth-order valence-corrected chi connectivity index (χ4v) is 2.97. The van der Waals surface area contributed by atoms with Gasteiger partial charge < -0.3 is 15.2 Å². The van der Waals surface area contributed by atoms with Crippen molar-refractivity contribution < 1.29 is 9.47 Å². The molecule has 2 heterocycles. The third-order valence-corrected chi connectivity index (χ3v) is 4.16. The Bertz CT molecular complexity index is 369. The Morgan fingerprint density at radius 2 is 2.24 bits per heavy atom. The van der Waals surface area contributed by atoms with Crippen molar-refractivity contribution in [2.75, 3.05) is 20.3 Å². The Kier molecular flexibility index (Phi) is 3.87. The number of hydrogen-bond acceptors (Lipinski definition) is 4. The standard InChI is InChI=1S/C11H18BrN3O2/c1-15-9(8(12)7-14-15)10(13)11(16-2)3-5-17-6-4-11/h7,10H,3-6,13H2,1-2H3. The highest BCUT2D eigenvalue weighted by Crippen LogP contribution is 2.37. The Balaban J connectivity index is 2.31. The average molecular weight is 304 g/mol. The van der Waals surface area contributed by atoms with Crippen LogP contribution in [0.3, 0.4) is 0 Å². The maximum absolute atomic E-state index is 6.39. The summed E-state index contributed by atoms with van der Waals surface area (Å²) in [5, 5.41) is 4.20. The van der Waals surface area contributed by atoms with Crippen molar-refractivity contribution in [2.45, 2.75) is 24.5 Å². The van der Waals surface area contributed by atoms with Crippen LogP contribution in [0, 0.1) is 0 Å². The van der Waals surface area contributed by atoms with Gasteiger partial charge in [0.05, 0.1) is 28.0 Å². The molecule has 1 fully saturated rings. The molecule has 1 saturated heterocycles. The van der Waals surface area contributed by atoms with Gasteiger partial charge in [0.15, 0.2) is 0 Å². The van der Waals surface area contributed by atoms with E-state index in [1.54, 1.807) is 18.0 Å². The van der Waals surface area contributed by atoms with Gasteiger partial charge >= 0.3 is 0 Å². The van der Waals surface area contributed by atoms with Crippen LogP contribution < -0.4 is 5.73 Å². The first-order valence-electron chi connectivity index (χ1n) is 5.66. The number of ether oxygens (including phenoxy) is 2. The Morgan fingerprint density at radius 3 is 2.71 bits per heavy atom. The zero-order chi connectivity index (χ0) is 12.5. The number of nitrogens with two attached hydrogens (primary N) is 1. The maximum atomic E-state index is 6.39. The zero-order valence-corrected chi connectivity index (χ0v) is 11.7. The number of halogens is 1. The fourth-order valence-electron chi connectivity index (χ4n) is 2.38. The number of aromatic nitrogens is 2. The summed E-state index contributed by atoms with van der Waals surface area (Å²) in [6, 6.07) is -0.210. The second-order valence-corrected chi connectivity index (χ2v) is 5.21. The van der Waals surface area contributed by atoms with Crippen LogP contribution in [-0.2, 0) is 16.5 Å². The van der Waals surface area contributed by atoms with E-state index in [0.717, 1.165) is 23.0 Å². The first-order chi connectivity index (χ1) is 8.10. The Labute approximate surface area is 109 Å². The number of nitrogens with zero attached hydrogens (tertiary/aromatic N) is 2. The van der Waals surface area contributed by atoms with Gasteiger partial charge in [-0.2, -0.15) is 5.10 Å². The molecular formula is C11H18BrN3O2. The first kappa shape index (κ1) is 13.0. The van der Waals surface area contributed by atoms with Crippen molar-refractivity contribution in [1.29, 1.82) is 0 Å². The van der Waals surface area contributed by atoms with Crippen LogP contribution in [0.1, 0.15) is 24.6 Å². The molecule has 5 nitrogen and oxygen atoms in total. The molecular weight excluding hydrogens is 286 g/mol. The predicted octanol–water partition coefficient (Wildman–Crippen LogP) is 1.38. The van der Waals surface area contributed by atoms with E-state index in [1.807, 2.05) is 7.05 Å². The number of aryl methyl sites for hydroxylation is 1. The third-order valence-electron chi connectivity index (χ3n) is 3.54. The van der Waals surface area contributed by atoms with E-state index in [9.17, 15) is 0 Å². The lowest BCUT2D eigenvalue weighted by Crippen LogP contribution is -2.48. The Hall–Kier alpha value is -0.430. The SMILES string of the molecule is COC1(C(N)c2c(Br)cnn2C)CCOCC1. The zero-order valence-electron chi connectivity index (χ0n) is 10.1. The molecule has 1 aliphatic rings. The number of methoxy groups -OCH3 is 1. The fraction of sp³-hybridized carbons (Fsp3) is 0.727. The predicted molar refractivity (Wildman–Crippen MR) is 67.6 cm³/mol. The largest absolute Gasteiger partial charge is 0.381 e. The average Bonchev–Trinajstić information content (AvgIpc) is 2.69. The van der Waals surface area contributed by atoms with Gasteiger partial charge in [-0.15, -0.1) is 0 Å². The van der Waals surface area contributed by atoms with Crippen LogP contribution in [0.15, 0.2) is 10.7 Å². The summed E-state index contributed by atoms with van der Waals surface area (Å²) >= 11 is 3.49. The summed E-state index contributed by atoms with van der Waals surface area (Å²) in [5.41, 5.74) is 7.00. The van der Waals surface area contributed by atoms with Gasteiger partial charge in [-0.3, -0.25) is 4.68 Å². The highest BCUT2D eigenvalue weighted by atomic mass is 79.9. The molecule has 0 bridgehead atoms. The van der Waals surface area contributed by atoms with Gasteiger partial charge in [0.1, 0.15) is 0 Å². The van der Waals surface area contributed by atoms with E-state index >= 15 is 0 Å². The monoisotopic (exact) mass is 303 g/mol. The molecule has 0 aromatic carbocycles. The number of hydrogen-bond donors (Lipinski definition) is 1. The summed E-state index contributed by atoms with van der Waals surface area (Å²) in [6.07, 6.45) is 3.38. The van der Waals surface area contributed by atoms with Crippen LogP contribution in [0.4, 0.5) is 0 Å². The lowest BCUT2D eigenvalue weighted by molar-refractivity contribution is -0.106. The summed E-state index contributed by atoms with van der Waals surface area (Å²) in [7, 11) is 3.61. The topological polar surface area (TPSA) is 62.3 Å². The second kappa shape index (κ2) is 5.06. The molecule has 1 aliphatic heterocycles. The molecule has 6 heteroatoms. The minimum atomic E-state index is -0.353. The lowest BCUT2D eigenvalue weighted by Gasteiger charge is -2.40. The summed E-state index contributed by atoms with van der Waals surface area (Å²) in [4.78, 5) is 0. The molecule has 96 valence electrons. The van der Waals surface area contributed by atoms with Gasteiger partial charge in [-0.1, -0.05) is 0 Å². The minimum Gasteiger partial charge on any atom is -0.381 e. The quantitative estimate of drug-likeness (QED) is 0.916. The summed E-state index contributed by atoms with van der Waals surface area (Å²) in [5.74, 6) is 0. The smallest absolute Gasteiger partial charge is 0.0929 e. The molecule has 1 aromatic rings. The maximum Gasteiger partial charge on any atom is 0.0929 e. The molecule has 0 spiro atoms. The highest BCUT2D eigenvalue weighted by Gasteiger charge is 2.41. The van der Waals surface area contributed by atoms with Crippen molar-refractivity contribution in [2.24, 2.45) is 12.8 Å². The van der Waals surface area contributed by atoms with Gasteiger partial charge in [0.2, 0.25) is 0 Å². The van der Waals surface area contributed by atoms with Crippen LogP contribution in [-0.4, -0.2) is 35.7 Å². The van der Waals surface area contributed by atoms with Crippen LogP contribution in [0.2, 0.25) is 0 Å². The van der Waals surface area contributed by atoms with Crippen molar-refractivity contribution >= 4 is 15.9 Å². The molecule has 0 radical (unpaired) electrons. The molecule has 2 rings (SSSR count). The van der Waals surface area contributed by atoms with Gasteiger partial charge in [0.25, 0.3) is 0 Å².